The summed E-state index contributed by atoms with van der Waals surface area (Å²) in [7, 11) is 0. The fourth-order valence-electron chi connectivity index (χ4n) is 4.75. The number of ether oxygens (including phenoxy) is 1. The number of carbonyl (C=O) groups is 2. The highest BCUT2D eigenvalue weighted by atomic mass is 16.5. The summed E-state index contributed by atoms with van der Waals surface area (Å²) in [5.41, 5.74) is 3.74. The van der Waals surface area contributed by atoms with E-state index < -0.39 is 17.1 Å². The third-order valence-electron chi connectivity index (χ3n) is 6.65. The number of aromatic amines is 1. The maximum atomic E-state index is 12.4. The Morgan fingerprint density at radius 2 is 1.84 bits per heavy atom. The van der Waals surface area contributed by atoms with Crippen LogP contribution >= 0.6 is 0 Å². The Morgan fingerprint density at radius 3 is 2.61 bits per heavy atom. The summed E-state index contributed by atoms with van der Waals surface area (Å²) in [6.07, 6.45) is 8.60. The third kappa shape index (κ3) is 4.90. The average molecular weight is 518 g/mol. The summed E-state index contributed by atoms with van der Waals surface area (Å²) in [5, 5.41) is 15.9. The quantitative estimate of drug-likeness (QED) is 0.224. The predicted molar refractivity (Wildman–Crippen MR) is 140 cm³/mol. The number of H-pyrrole nitrogens is 1. The highest BCUT2D eigenvalue weighted by molar-refractivity contribution is 5.92. The third-order valence-corrected chi connectivity index (χ3v) is 6.65. The first-order valence-corrected chi connectivity index (χ1v) is 12.3. The van der Waals surface area contributed by atoms with Crippen LogP contribution in [-0.2, 0) is 17.7 Å². The van der Waals surface area contributed by atoms with E-state index in [0.717, 1.165) is 41.7 Å². The van der Waals surface area contributed by atoms with E-state index in [9.17, 15) is 24.4 Å². The monoisotopic (exact) mass is 517 g/mol. The molecule has 0 saturated heterocycles. The van der Waals surface area contributed by atoms with E-state index in [0.29, 0.717) is 46.9 Å². The number of carbonyl (C=O) groups excluding carboxylic acids is 2. The van der Waals surface area contributed by atoms with E-state index in [4.69, 9.17) is 4.74 Å². The summed E-state index contributed by atoms with van der Waals surface area (Å²) in [5.74, 6) is -0.415. The van der Waals surface area contributed by atoms with Crippen molar-refractivity contribution in [2.45, 2.75) is 39.2 Å². The van der Waals surface area contributed by atoms with E-state index in [-0.39, 0.29) is 6.03 Å². The Balaban J connectivity index is 1.24. The highest BCUT2D eigenvalue weighted by Gasteiger charge is 2.26. The number of urea groups is 1. The molecule has 5 rings (SSSR count). The van der Waals surface area contributed by atoms with Crippen LogP contribution < -0.4 is 21.8 Å². The smallest absolute Gasteiger partial charge is 0.348 e. The van der Waals surface area contributed by atoms with E-state index >= 15 is 0 Å². The fourth-order valence-corrected chi connectivity index (χ4v) is 4.75. The van der Waals surface area contributed by atoms with Gasteiger partial charge in [-0.2, -0.15) is 0 Å². The second-order valence-corrected chi connectivity index (χ2v) is 9.08. The standard InChI is InChI=1S/C27H27N5O6/c1-2-38-26(35)18-3-7-19(8-4-18)29-27(36)28-14-16-11-12-31(15-16)20-9-5-17-6-10-22-23(21(17)13-20)32(37)25(34)24(33)30-22/h3-4,7-8,11-13,15,37H,2,5-6,9-10,14H2,1H3,(H,30,33)(H2,28,29,36). The number of allylic oxidation sites excluding steroid dienone is 4. The van der Waals surface area contributed by atoms with Crippen LogP contribution in [-0.4, -0.2) is 38.1 Å². The van der Waals surface area contributed by atoms with Gasteiger partial charge in [0, 0.05) is 41.6 Å². The molecule has 0 spiro atoms. The number of aryl methyl sites for hydroxylation is 1. The fraction of sp³-hybridized carbons (Fsp3) is 0.259. The van der Waals surface area contributed by atoms with Gasteiger partial charge < -0.3 is 30.1 Å². The molecule has 0 radical (unpaired) electrons. The first kappa shape index (κ1) is 24.9. The molecule has 11 heteroatoms. The van der Waals surface area contributed by atoms with Gasteiger partial charge in [-0.15, -0.1) is 4.73 Å². The van der Waals surface area contributed by atoms with E-state index in [2.05, 4.69) is 15.6 Å². The molecule has 1 aromatic carbocycles. The topological polar surface area (TPSA) is 147 Å². The number of benzene rings is 1. The van der Waals surface area contributed by atoms with Gasteiger partial charge in [-0.05, 0) is 74.6 Å². The molecule has 196 valence electrons. The zero-order chi connectivity index (χ0) is 26.8. The summed E-state index contributed by atoms with van der Waals surface area (Å²) >= 11 is 0. The number of aromatic nitrogens is 3. The molecule has 0 bridgehead atoms. The molecule has 0 fully saturated rings. The van der Waals surface area contributed by atoms with Gasteiger partial charge in [-0.1, -0.05) is 5.57 Å². The van der Waals surface area contributed by atoms with Crippen molar-refractivity contribution in [2.24, 2.45) is 0 Å². The lowest BCUT2D eigenvalue weighted by molar-refractivity contribution is 0.0526. The average Bonchev–Trinajstić information content (AvgIpc) is 3.40. The molecule has 38 heavy (non-hydrogen) atoms. The number of anilines is 1. The first-order valence-electron chi connectivity index (χ1n) is 12.3. The molecule has 2 amide bonds. The van der Waals surface area contributed by atoms with Gasteiger partial charge in [0.25, 0.3) is 0 Å². The predicted octanol–water partition coefficient (Wildman–Crippen LogP) is 3.11. The second-order valence-electron chi connectivity index (χ2n) is 9.08. The van der Waals surface area contributed by atoms with Crippen molar-refractivity contribution in [1.82, 2.24) is 19.6 Å². The number of hydrogen-bond donors (Lipinski definition) is 4. The van der Waals surface area contributed by atoms with Gasteiger partial charge >= 0.3 is 23.1 Å². The van der Waals surface area contributed by atoms with Crippen LogP contribution in [0.3, 0.4) is 0 Å². The van der Waals surface area contributed by atoms with Gasteiger partial charge in [0.1, 0.15) is 5.69 Å². The Hall–Kier alpha value is -4.80. The van der Waals surface area contributed by atoms with Crippen LogP contribution in [0.1, 0.15) is 53.5 Å². The van der Waals surface area contributed by atoms with Crippen LogP contribution in [0.15, 0.2) is 64.0 Å². The zero-order valence-electron chi connectivity index (χ0n) is 20.7. The van der Waals surface area contributed by atoms with Crippen molar-refractivity contribution in [3.8, 4) is 0 Å². The number of fused-ring (bicyclic) bond motifs is 2. The maximum absolute atomic E-state index is 12.4. The summed E-state index contributed by atoms with van der Waals surface area (Å²) in [6.45, 7) is 2.32. The number of esters is 1. The summed E-state index contributed by atoms with van der Waals surface area (Å²) in [6, 6.07) is 7.95. The van der Waals surface area contributed by atoms with Gasteiger partial charge in [-0.3, -0.25) is 9.59 Å². The molecule has 2 aromatic heterocycles. The van der Waals surface area contributed by atoms with Crippen molar-refractivity contribution >= 4 is 29.0 Å². The molecule has 0 unspecified atom stereocenters. The second kappa shape index (κ2) is 10.3. The minimum Gasteiger partial charge on any atom is -0.462 e. The minimum absolute atomic E-state index is 0.292. The lowest BCUT2D eigenvalue weighted by atomic mass is 9.85. The summed E-state index contributed by atoms with van der Waals surface area (Å²) in [4.78, 5) is 50.5. The highest BCUT2D eigenvalue weighted by Crippen LogP contribution is 2.38. The number of amides is 2. The Bertz CT molecular complexity index is 1590. The molecule has 2 heterocycles. The van der Waals surface area contributed by atoms with Crippen LogP contribution in [0.25, 0.3) is 11.3 Å². The van der Waals surface area contributed by atoms with Crippen molar-refractivity contribution in [1.29, 1.82) is 0 Å². The number of nitrogens with one attached hydrogen (secondary N) is 3. The molecular weight excluding hydrogens is 490 g/mol. The molecule has 2 aliphatic carbocycles. The Labute approximate surface area is 217 Å². The molecule has 3 aromatic rings. The van der Waals surface area contributed by atoms with E-state index in [1.54, 1.807) is 31.2 Å². The SMILES string of the molecule is CCOC(=O)c1ccc(NC(=O)NCc2ccn(C3=CC4=C(CC3)CCc3[nH]c(=O)c(=O)n(O)c34)c2)cc1. The molecule has 0 saturated carbocycles. The maximum Gasteiger partial charge on any atom is 0.348 e. The lowest BCUT2D eigenvalue weighted by Crippen LogP contribution is -2.39. The van der Waals surface area contributed by atoms with Gasteiger partial charge in [0.05, 0.1) is 12.2 Å². The zero-order valence-corrected chi connectivity index (χ0v) is 20.7. The Kier molecular flexibility index (Phi) is 6.73. The minimum atomic E-state index is -0.999. The van der Waals surface area contributed by atoms with Crippen LogP contribution in [0.2, 0.25) is 0 Å². The molecule has 4 N–H and O–H groups in total. The molecule has 11 nitrogen and oxygen atoms in total. The molecule has 2 aliphatic rings. The van der Waals surface area contributed by atoms with E-state index in [1.807, 2.05) is 29.1 Å². The Morgan fingerprint density at radius 1 is 1.08 bits per heavy atom. The van der Waals surface area contributed by atoms with Crippen LogP contribution in [0, 0.1) is 0 Å². The van der Waals surface area contributed by atoms with E-state index in [1.165, 1.54) is 0 Å². The van der Waals surface area contributed by atoms with Crippen LogP contribution in [0.5, 0.6) is 0 Å². The molecule has 0 aliphatic heterocycles. The van der Waals surface area contributed by atoms with Crippen molar-refractivity contribution in [2.75, 3.05) is 11.9 Å². The van der Waals surface area contributed by atoms with Gasteiger partial charge in [0.15, 0.2) is 0 Å². The van der Waals surface area contributed by atoms with Crippen molar-refractivity contribution in [3.63, 3.8) is 0 Å². The number of hydrogen-bond acceptors (Lipinski definition) is 6. The first-order chi connectivity index (χ1) is 18.3. The largest absolute Gasteiger partial charge is 0.462 e. The van der Waals surface area contributed by atoms with Gasteiger partial charge in [-0.25, -0.2) is 9.59 Å². The van der Waals surface area contributed by atoms with Crippen LogP contribution in [0.4, 0.5) is 10.5 Å². The normalized spacial score (nSPS) is 14.3. The number of rotatable bonds is 6. The molecule has 0 atom stereocenters. The van der Waals surface area contributed by atoms with Gasteiger partial charge in [0.2, 0.25) is 0 Å². The lowest BCUT2D eigenvalue weighted by Gasteiger charge is -2.26. The van der Waals surface area contributed by atoms with Crippen molar-refractivity contribution < 1.29 is 19.5 Å². The number of nitrogens with zero attached hydrogens (tertiary/aromatic N) is 2. The van der Waals surface area contributed by atoms with Crippen molar-refractivity contribution in [3.05, 3.63) is 97.6 Å². The molecular formula is C27H27N5O6. The summed E-state index contributed by atoms with van der Waals surface area (Å²) < 4.78 is 7.36.